The minimum absolute atomic E-state index is 0.0627. The number of methoxy groups -OCH3 is 1. The molecular formula is C25H25N3O5. The van der Waals surface area contributed by atoms with E-state index in [2.05, 4.69) is 16.2 Å². The third kappa shape index (κ3) is 5.24. The molecule has 8 nitrogen and oxygen atoms in total. The van der Waals surface area contributed by atoms with Crippen LogP contribution in [0.2, 0.25) is 0 Å². The molecule has 3 aromatic carbocycles. The summed E-state index contributed by atoms with van der Waals surface area (Å²) in [7, 11) is 1.54. The maximum Gasteiger partial charge on any atom is 0.278 e. The molecule has 2 amide bonds. The Labute approximate surface area is 191 Å². The third-order valence-electron chi connectivity index (χ3n) is 5.15. The molecule has 3 aromatic rings. The maximum atomic E-state index is 13.2. The van der Waals surface area contributed by atoms with Crippen LogP contribution < -0.4 is 30.4 Å². The number of ether oxygens (including phenoxy) is 3. The third-order valence-corrected chi connectivity index (χ3v) is 5.15. The molecule has 0 saturated carbocycles. The van der Waals surface area contributed by atoms with Crippen molar-refractivity contribution in [3.63, 3.8) is 0 Å². The molecule has 4 rings (SSSR count). The number of para-hydroxylation sites is 2. The van der Waals surface area contributed by atoms with Gasteiger partial charge < -0.3 is 19.5 Å². The Bertz CT molecular complexity index is 1140. The van der Waals surface area contributed by atoms with Gasteiger partial charge in [0.2, 0.25) is 12.0 Å². The number of rotatable bonds is 7. The number of hydrogen-bond donors (Lipinski definition) is 3. The molecule has 0 unspecified atom stereocenters. The molecule has 170 valence electrons. The smallest absolute Gasteiger partial charge is 0.278 e. The van der Waals surface area contributed by atoms with E-state index < -0.39 is 18.1 Å². The highest BCUT2D eigenvalue weighted by Gasteiger charge is 2.29. The molecule has 0 radical (unpaired) electrons. The van der Waals surface area contributed by atoms with Crippen molar-refractivity contribution in [1.82, 2.24) is 10.9 Å². The summed E-state index contributed by atoms with van der Waals surface area (Å²) in [6.07, 6.45) is -0.858. The lowest BCUT2D eigenvalue weighted by Crippen LogP contribution is -2.51. The zero-order valence-electron chi connectivity index (χ0n) is 18.3. The van der Waals surface area contributed by atoms with Gasteiger partial charge in [-0.25, -0.2) is 5.43 Å². The Balaban J connectivity index is 1.47. The number of hydrazine groups is 1. The molecule has 0 bridgehead atoms. The van der Waals surface area contributed by atoms with Crippen molar-refractivity contribution in [2.24, 2.45) is 0 Å². The van der Waals surface area contributed by atoms with Crippen LogP contribution in [0, 0.1) is 6.92 Å². The summed E-state index contributed by atoms with van der Waals surface area (Å²) in [5.41, 5.74) is 7.63. The summed E-state index contributed by atoms with van der Waals surface area (Å²) in [5.74, 6) is 0.801. The van der Waals surface area contributed by atoms with Crippen LogP contribution in [0.3, 0.4) is 0 Å². The highest BCUT2D eigenvalue weighted by molar-refractivity contribution is 5.97. The summed E-state index contributed by atoms with van der Waals surface area (Å²) in [4.78, 5) is 25.9. The number of fused-ring (bicyclic) bond motifs is 1. The lowest BCUT2D eigenvalue weighted by molar-refractivity contribution is -0.132. The Morgan fingerprint density at radius 1 is 1.00 bits per heavy atom. The molecule has 1 aliphatic rings. The van der Waals surface area contributed by atoms with Gasteiger partial charge in [0, 0.05) is 0 Å². The fraction of sp³-hybridized carbons (Fsp3) is 0.200. The summed E-state index contributed by atoms with van der Waals surface area (Å²) in [6, 6.07) is 20.9. The van der Waals surface area contributed by atoms with Crippen LogP contribution in [0.4, 0.5) is 5.69 Å². The molecule has 0 aromatic heterocycles. The van der Waals surface area contributed by atoms with Crippen LogP contribution in [0.25, 0.3) is 0 Å². The largest absolute Gasteiger partial charge is 0.495 e. The fourth-order valence-electron chi connectivity index (χ4n) is 3.44. The SMILES string of the molecule is COc1ccc(C)cc1NC(=O)[C@H](NNC(=O)[C@@H]1COc2ccccc2O1)c1ccccc1. The first-order valence-electron chi connectivity index (χ1n) is 10.5. The highest BCUT2D eigenvalue weighted by Crippen LogP contribution is 2.31. The average molecular weight is 447 g/mol. The Kier molecular flexibility index (Phi) is 6.75. The van der Waals surface area contributed by atoms with Crippen molar-refractivity contribution in [3.05, 3.63) is 83.9 Å². The van der Waals surface area contributed by atoms with Crippen LogP contribution in [-0.2, 0) is 9.59 Å². The van der Waals surface area contributed by atoms with Gasteiger partial charge in [0.1, 0.15) is 18.4 Å². The van der Waals surface area contributed by atoms with Crippen molar-refractivity contribution in [1.29, 1.82) is 0 Å². The fourth-order valence-corrected chi connectivity index (χ4v) is 3.44. The van der Waals surface area contributed by atoms with Crippen LogP contribution >= 0.6 is 0 Å². The monoisotopic (exact) mass is 447 g/mol. The van der Waals surface area contributed by atoms with E-state index in [4.69, 9.17) is 14.2 Å². The molecule has 0 spiro atoms. The van der Waals surface area contributed by atoms with E-state index in [9.17, 15) is 9.59 Å². The number of amides is 2. The van der Waals surface area contributed by atoms with Gasteiger partial charge in [-0.1, -0.05) is 48.5 Å². The minimum Gasteiger partial charge on any atom is -0.495 e. The number of carbonyl (C=O) groups excluding carboxylic acids is 2. The number of carbonyl (C=O) groups is 2. The van der Waals surface area contributed by atoms with Crippen molar-refractivity contribution in [2.45, 2.75) is 19.1 Å². The minimum atomic E-state index is -0.864. The van der Waals surface area contributed by atoms with Gasteiger partial charge in [-0.2, -0.15) is 0 Å². The van der Waals surface area contributed by atoms with Crippen molar-refractivity contribution < 1.29 is 23.8 Å². The van der Waals surface area contributed by atoms with E-state index in [-0.39, 0.29) is 12.5 Å². The zero-order chi connectivity index (χ0) is 23.2. The molecule has 33 heavy (non-hydrogen) atoms. The van der Waals surface area contributed by atoms with Crippen molar-refractivity contribution in [3.8, 4) is 17.2 Å². The van der Waals surface area contributed by atoms with Crippen LogP contribution in [0.1, 0.15) is 17.2 Å². The molecule has 1 heterocycles. The van der Waals surface area contributed by atoms with E-state index in [1.165, 1.54) is 7.11 Å². The number of hydrogen-bond acceptors (Lipinski definition) is 6. The summed E-state index contributed by atoms with van der Waals surface area (Å²) < 4.78 is 16.7. The van der Waals surface area contributed by atoms with Gasteiger partial charge >= 0.3 is 0 Å². The van der Waals surface area contributed by atoms with E-state index in [0.29, 0.717) is 28.5 Å². The quantitative estimate of drug-likeness (QED) is 0.482. The van der Waals surface area contributed by atoms with Gasteiger partial charge in [-0.15, -0.1) is 0 Å². The van der Waals surface area contributed by atoms with E-state index in [0.717, 1.165) is 5.56 Å². The van der Waals surface area contributed by atoms with Crippen molar-refractivity contribution >= 4 is 17.5 Å². The second-order valence-electron chi connectivity index (χ2n) is 7.53. The standard InChI is InChI=1S/C25H25N3O5/c1-16-12-13-19(31-2)18(14-16)26-25(30)23(17-8-4-3-5-9-17)27-28-24(29)22-15-32-20-10-6-7-11-21(20)33-22/h3-14,22-23,27H,15H2,1-2H3,(H,26,30)(H,28,29)/t22-,23+/m0/s1. The first-order valence-corrected chi connectivity index (χ1v) is 10.5. The highest BCUT2D eigenvalue weighted by atomic mass is 16.6. The maximum absolute atomic E-state index is 13.2. The molecule has 3 N–H and O–H groups in total. The molecule has 0 aliphatic carbocycles. The number of benzene rings is 3. The van der Waals surface area contributed by atoms with Gasteiger partial charge in [0.25, 0.3) is 5.91 Å². The predicted octanol–water partition coefficient (Wildman–Crippen LogP) is 3.14. The summed E-state index contributed by atoms with van der Waals surface area (Å²) in [6.45, 7) is 1.99. The van der Waals surface area contributed by atoms with Crippen LogP contribution in [-0.4, -0.2) is 31.6 Å². The lowest BCUT2D eigenvalue weighted by atomic mass is 10.1. The summed E-state index contributed by atoms with van der Waals surface area (Å²) >= 11 is 0. The second kappa shape index (κ2) is 10.1. The topological polar surface area (TPSA) is 97.9 Å². The Morgan fingerprint density at radius 3 is 2.48 bits per heavy atom. The van der Waals surface area contributed by atoms with Gasteiger partial charge in [0.15, 0.2) is 11.5 Å². The van der Waals surface area contributed by atoms with Gasteiger partial charge in [-0.05, 0) is 42.3 Å². The number of nitrogens with one attached hydrogen (secondary N) is 3. The van der Waals surface area contributed by atoms with Crippen molar-refractivity contribution in [2.75, 3.05) is 19.0 Å². The lowest BCUT2D eigenvalue weighted by Gasteiger charge is -2.26. The predicted molar refractivity (Wildman–Crippen MR) is 123 cm³/mol. The first kappa shape index (κ1) is 22.2. The molecule has 2 atom stereocenters. The Morgan fingerprint density at radius 2 is 1.73 bits per heavy atom. The first-order chi connectivity index (χ1) is 16.0. The molecule has 0 fully saturated rings. The van der Waals surface area contributed by atoms with Crippen LogP contribution in [0.5, 0.6) is 17.2 Å². The zero-order valence-corrected chi connectivity index (χ0v) is 18.3. The molecule has 1 aliphatic heterocycles. The normalized spacial score (nSPS) is 15.3. The van der Waals surface area contributed by atoms with Gasteiger partial charge in [0.05, 0.1) is 12.8 Å². The Hall–Kier alpha value is -4.04. The second-order valence-corrected chi connectivity index (χ2v) is 7.53. The van der Waals surface area contributed by atoms with E-state index in [1.807, 2.05) is 43.3 Å². The molecule has 8 heteroatoms. The number of aryl methyl sites for hydroxylation is 1. The molecule has 0 saturated heterocycles. The number of anilines is 1. The summed E-state index contributed by atoms with van der Waals surface area (Å²) in [5, 5.41) is 2.88. The van der Waals surface area contributed by atoms with E-state index >= 15 is 0 Å². The molecular weight excluding hydrogens is 422 g/mol. The van der Waals surface area contributed by atoms with Gasteiger partial charge in [-0.3, -0.25) is 15.0 Å². The van der Waals surface area contributed by atoms with Crippen LogP contribution in [0.15, 0.2) is 72.8 Å². The van der Waals surface area contributed by atoms with E-state index in [1.54, 1.807) is 36.4 Å². The average Bonchev–Trinajstić information content (AvgIpc) is 2.84.